The van der Waals surface area contributed by atoms with Crippen LogP contribution in [0.5, 0.6) is 0 Å². The average molecular weight is 406 g/mol. The number of hydrogen-bond acceptors (Lipinski definition) is 0. The molecule has 2 rings (SSSR count). The van der Waals surface area contributed by atoms with Gasteiger partial charge in [-0.1, -0.05) is 0 Å². The molecule has 4 nitrogen and oxygen atoms in total. The predicted molar refractivity (Wildman–Crippen MR) is 77.5 cm³/mol. The molecule has 0 unspecified atom stereocenters. The zero-order valence-electron chi connectivity index (χ0n) is 12.4. The predicted octanol–water partition coefficient (Wildman–Crippen LogP) is 3.62. The standard InChI is InChI=1S/2C5H5.C4H4.4CO.2Fe/c2*1-2-4-5-3-1;1-3-4-2;4*1-2;;/h2*1-5H;1-4H;;;;;;/q2*-1;-2;;;;;2*+2. The summed E-state index contributed by atoms with van der Waals surface area (Å²) in [4.78, 5) is 0. The van der Waals surface area contributed by atoms with Crippen LogP contribution >= 0.6 is 0 Å². The van der Waals surface area contributed by atoms with Crippen LogP contribution in [0.15, 0.2) is 72.8 Å². The van der Waals surface area contributed by atoms with Crippen LogP contribution in [0, 0.1) is 39.8 Å². The van der Waals surface area contributed by atoms with E-state index < -0.39 is 0 Å². The molecule has 0 bridgehead atoms. The fraction of sp³-hybridized carbons (Fsp3) is 0. The van der Waals surface area contributed by atoms with Crippen molar-refractivity contribution in [3.8, 4) is 0 Å². The van der Waals surface area contributed by atoms with E-state index >= 15 is 0 Å². The van der Waals surface area contributed by atoms with Gasteiger partial charge in [0.15, 0.2) is 0 Å². The van der Waals surface area contributed by atoms with Gasteiger partial charge in [-0.25, -0.2) is 24.3 Å². The van der Waals surface area contributed by atoms with Crippen molar-refractivity contribution in [3.05, 3.63) is 113 Å². The Morgan fingerprint density at radius 1 is 0.542 bits per heavy atom. The Balaban J connectivity index is -0.0000000292. The maximum absolute atomic E-state index is 7.50. The van der Waals surface area contributed by atoms with E-state index in [-0.39, 0.29) is 34.1 Å². The second kappa shape index (κ2) is 83.2. The van der Waals surface area contributed by atoms with Crippen molar-refractivity contribution in [1.29, 1.82) is 0 Å². The van der Waals surface area contributed by atoms with Crippen LogP contribution in [-0.2, 0) is 52.7 Å². The van der Waals surface area contributed by atoms with Crippen molar-refractivity contribution in [2.24, 2.45) is 0 Å². The molecule has 2 aromatic rings. The van der Waals surface area contributed by atoms with Crippen LogP contribution in [-0.4, -0.2) is 0 Å². The normalized spacial score (nSPS) is 4.50. The first-order valence-corrected chi connectivity index (χ1v) is 5.15. The van der Waals surface area contributed by atoms with Crippen molar-refractivity contribution in [1.82, 2.24) is 0 Å². The zero-order valence-corrected chi connectivity index (χ0v) is 14.6. The molecule has 0 spiro atoms. The summed E-state index contributed by atoms with van der Waals surface area (Å²) in [6, 6.07) is 20.0. The molecule has 0 N–H and O–H groups in total. The van der Waals surface area contributed by atoms with Gasteiger partial charge in [-0.15, -0.1) is 0 Å². The molecule has 0 saturated carbocycles. The third-order valence-electron chi connectivity index (χ3n) is 1.22. The molecule has 2 aromatic carbocycles. The van der Waals surface area contributed by atoms with Crippen molar-refractivity contribution < 1.29 is 52.7 Å². The van der Waals surface area contributed by atoms with E-state index in [1.165, 1.54) is 12.2 Å². The Hall–Kier alpha value is -1.82. The molecule has 0 aliphatic carbocycles. The number of rotatable bonds is 1. The van der Waals surface area contributed by atoms with Crippen LogP contribution in [0.1, 0.15) is 0 Å². The second-order valence-corrected chi connectivity index (χ2v) is 2.31. The van der Waals surface area contributed by atoms with Crippen molar-refractivity contribution in [3.63, 3.8) is 0 Å². The third kappa shape index (κ3) is 88.1. The van der Waals surface area contributed by atoms with E-state index in [0.29, 0.717) is 0 Å². The summed E-state index contributed by atoms with van der Waals surface area (Å²) in [5.74, 6) is 0. The minimum Gasteiger partial charge on any atom is -0.394 e. The van der Waals surface area contributed by atoms with Crippen molar-refractivity contribution >= 4 is 0 Å². The summed E-state index contributed by atoms with van der Waals surface area (Å²) in [6.45, 7) is 27.4. The van der Waals surface area contributed by atoms with Gasteiger partial charge in [0.1, 0.15) is 0 Å². The Labute approximate surface area is 165 Å². The average Bonchev–Trinajstić information content (AvgIpc) is 3.40. The van der Waals surface area contributed by atoms with Crippen LogP contribution in [0.4, 0.5) is 0 Å². The maximum atomic E-state index is 7.50. The summed E-state index contributed by atoms with van der Waals surface area (Å²) in [5.41, 5.74) is 0. The minimum atomic E-state index is 0. The first-order valence-electron chi connectivity index (χ1n) is 5.15. The quantitative estimate of drug-likeness (QED) is 0.300. The van der Waals surface area contributed by atoms with Crippen LogP contribution in [0.25, 0.3) is 0 Å². The van der Waals surface area contributed by atoms with Gasteiger partial charge in [-0.3, -0.25) is 0 Å². The van der Waals surface area contributed by atoms with E-state index in [1.54, 1.807) is 0 Å². The summed E-state index contributed by atoms with van der Waals surface area (Å²) in [7, 11) is 0. The smallest absolute Gasteiger partial charge is 0.394 e. The Kier molecular flexibility index (Phi) is 150. The van der Waals surface area contributed by atoms with E-state index in [9.17, 15) is 0 Å². The van der Waals surface area contributed by atoms with E-state index in [0.717, 1.165) is 0 Å². The minimum absolute atomic E-state index is 0. The maximum Gasteiger partial charge on any atom is 2.00 e. The Bertz CT molecular complexity index is 348. The van der Waals surface area contributed by atoms with E-state index in [1.807, 2.05) is 60.7 Å². The molecule has 0 aromatic heterocycles. The topological polar surface area (TPSA) is 79.6 Å². The SMILES string of the molecule is [C-]#[O+].[C-]#[O+].[C-]#[O+].[C-]#[O+].[CH-]=CC=[CH-].[Fe+2].[Fe+2].c1cc[cH-]c1.c1cc[cH-]c1. The van der Waals surface area contributed by atoms with Gasteiger partial charge in [0.2, 0.25) is 0 Å². The third-order valence-corrected chi connectivity index (χ3v) is 1.22. The van der Waals surface area contributed by atoms with Gasteiger partial charge in [0.25, 0.3) is 0 Å². The van der Waals surface area contributed by atoms with Gasteiger partial charge in [-0.2, -0.15) is 36.4 Å². The summed E-state index contributed by atoms with van der Waals surface area (Å²) < 4.78 is 30.0. The molecular formula is C18H14Fe2O4. The second-order valence-electron chi connectivity index (χ2n) is 2.31. The first kappa shape index (κ1) is 43.2. The molecule has 0 fully saturated rings. The molecule has 24 heavy (non-hydrogen) atoms. The van der Waals surface area contributed by atoms with Crippen molar-refractivity contribution in [2.45, 2.75) is 0 Å². The summed E-state index contributed by atoms with van der Waals surface area (Å²) >= 11 is 0. The molecule has 0 amide bonds. The van der Waals surface area contributed by atoms with Crippen LogP contribution in [0.2, 0.25) is 0 Å². The molecule has 0 radical (unpaired) electrons. The monoisotopic (exact) mass is 406 g/mol. The number of hydrogen-bond donors (Lipinski definition) is 0. The van der Waals surface area contributed by atoms with Gasteiger partial charge < -0.3 is 25.3 Å². The van der Waals surface area contributed by atoms with Crippen LogP contribution in [0.3, 0.4) is 0 Å². The summed E-state index contributed by atoms with van der Waals surface area (Å²) in [6.07, 6.45) is 2.56. The molecule has 0 aliphatic rings. The number of allylic oxidation sites excluding steroid dienone is 2. The van der Waals surface area contributed by atoms with E-state index in [2.05, 4.69) is 26.6 Å². The van der Waals surface area contributed by atoms with Crippen LogP contribution < -0.4 is 0 Å². The zero-order chi connectivity index (χ0) is 18.5. The Morgan fingerprint density at radius 2 is 0.708 bits per heavy atom. The van der Waals surface area contributed by atoms with Gasteiger partial charge in [0, 0.05) is 0 Å². The Morgan fingerprint density at radius 3 is 0.750 bits per heavy atom. The fourth-order valence-corrected chi connectivity index (χ4v) is 0.642. The van der Waals surface area contributed by atoms with Gasteiger partial charge in [0.05, 0.1) is 0 Å². The van der Waals surface area contributed by atoms with E-state index in [4.69, 9.17) is 31.8 Å². The molecule has 0 heterocycles. The first-order chi connectivity index (χ1) is 10.9. The fourth-order valence-electron chi connectivity index (χ4n) is 0.642. The molecule has 0 aliphatic heterocycles. The molecular weight excluding hydrogens is 392 g/mol. The molecule has 126 valence electrons. The molecule has 6 heteroatoms. The van der Waals surface area contributed by atoms with Crippen molar-refractivity contribution in [2.75, 3.05) is 0 Å². The molecule has 0 atom stereocenters. The summed E-state index contributed by atoms with van der Waals surface area (Å²) in [5, 5.41) is 0. The largest absolute Gasteiger partial charge is 2.00 e. The van der Waals surface area contributed by atoms with Gasteiger partial charge >= 0.3 is 79.3 Å². The van der Waals surface area contributed by atoms with Gasteiger partial charge in [-0.05, 0) is 0 Å². The molecule has 0 saturated heterocycles.